The summed E-state index contributed by atoms with van der Waals surface area (Å²) in [6.07, 6.45) is 1.02. The predicted octanol–water partition coefficient (Wildman–Crippen LogP) is 2.37. The van der Waals surface area contributed by atoms with E-state index in [1.165, 1.54) is 11.1 Å². The maximum atomic E-state index is 5.19. The molecule has 0 bridgehead atoms. The third kappa shape index (κ3) is 1.53. The van der Waals surface area contributed by atoms with E-state index in [1.807, 2.05) is 12.1 Å². The third-order valence-electron chi connectivity index (χ3n) is 1.86. The molecular weight excluding hydrogens is 136 g/mol. The third-order valence-corrected chi connectivity index (χ3v) is 1.86. The van der Waals surface area contributed by atoms with E-state index < -0.39 is 0 Å². The first-order chi connectivity index (χ1) is 5.29. The average molecular weight is 149 g/mol. The number of hydrogen-bond donors (Lipinski definition) is 0. The second-order valence-corrected chi connectivity index (χ2v) is 2.54. The minimum Gasteiger partial charge on any atom is -0.496 e. The van der Waals surface area contributed by atoms with Gasteiger partial charge in [-0.1, -0.05) is 13.0 Å². The van der Waals surface area contributed by atoms with E-state index in [0.29, 0.717) is 0 Å². The van der Waals surface area contributed by atoms with Gasteiger partial charge in [0.1, 0.15) is 5.75 Å². The lowest BCUT2D eigenvalue weighted by molar-refractivity contribution is 0.409. The molecule has 0 unspecified atom stereocenters. The van der Waals surface area contributed by atoms with Gasteiger partial charge in [-0.3, -0.25) is 0 Å². The quantitative estimate of drug-likeness (QED) is 0.627. The highest BCUT2D eigenvalue weighted by atomic mass is 16.5. The minimum absolute atomic E-state index is 0.951. The molecule has 0 fully saturated rings. The van der Waals surface area contributed by atoms with Crippen molar-refractivity contribution in [1.29, 1.82) is 0 Å². The lowest BCUT2D eigenvalue weighted by atomic mass is 10.1. The van der Waals surface area contributed by atoms with Crippen molar-refractivity contribution in [2.75, 3.05) is 7.11 Å². The molecule has 0 aliphatic rings. The maximum absolute atomic E-state index is 5.19. The summed E-state index contributed by atoms with van der Waals surface area (Å²) in [5.74, 6) is 0.951. The van der Waals surface area contributed by atoms with Crippen molar-refractivity contribution in [3.8, 4) is 5.75 Å². The Bertz CT molecular complexity index is 241. The molecular formula is C10H13O. The molecule has 0 atom stereocenters. The van der Waals surface area contributed by atoms with E-state index in [-0.39, 0.29) is 0 Å². The van der Waals surface area contributed by atoms with E-state index in [4.69, 9.17) is 4.74 Å². The molecule has 1 aromatic rings. The second-order valence-electron chi connectivity index (χ2n) is 2.54. The molecule has 1 radical (unpaired) electrons. The zero-order valence-corrected chi connectivity index (χ0v) is 7.27. The number of benzene rings is 1. The van der Waals surface area contributed by atoms with E-state index in [9.17, 15) is 0 Å². The van der Waals surface area contributed by atoms with Gasteiger partial charge in [0.15, 0.2) is 0 Å². The largest absolute Gasteiger partial charge is 0.496 e. The van der Waals surface area contributed by atoms with Crippen LogP contribution in [0.5, 0.6) is 5.75 Å². The van der Waals surface area contributed by atoms with Crippen molar-refractivity contribution in [2.45, 2.75) is 20.3 Å². The molecule has 0 N–H and O–H groups in total. The van der Waals surface area contributed by atoms with Crippen LogP contribution in [0.3, 0.4) is 0 Å². The topological polar surface area (TPSA) is 9.23 Å². The second kappa shape index (κ2) is 3.42. The van der Waals surface area contributed by atoms with Crippen molar-refractivity contribution in [1.82, 2.24) is 0 Å². The van der Waals surface area contributed by atoms with Gasteiger partial charge in [0.25, 0.3) is 0 Å². The van der Waals surface area contributed by atoms with Crippen LogP contribution in [-0.2, 0) is 6.42 Å². The Kier molecular flexibility index (Phi) is 2.53. The van der Waals surface area contributed by atoms with Crippen molar-refractivity contribution in [2.24, 2.45) is 0 Å². The Labute approximate surface area is 68.0 Å². The van der Waals surface area contributed by atoms with E-state index in [2.05, 4.69) is 19.9 Å². The fourth-order valence-electron chi connectivity index (χ4n) is 1.25. The molecule has 0 saturated carbocycles. The first-order valence-corrected chi connectivity index (χ1v) is 3.83. The monoisotopic (exact) mass is 149 g/mol. The van der Waals surface area contributed by atoms with Gasteiger partial charge in [0, 0.05) is 0 Å². The Morgan fingerprint density at radius 3 is 2.64 bits per heavy atom. The van der Waals surface area contributed by atoms with Crippen LogP contribution in [-0.4, -0.2) is 7.11 Å². The fraction of sp³-hybridized carbons (Fsp3) is 0.400. The summed E-state index contributed by atoms with van der Waals surface area (Å²) in [7, 11) is 1.70. The van der Waals surface area contributed by atoms with Crippen molar-refractivity contribution >= 4 is 0 Å². The van der Waals surface area contributed by atoms with Crippen LogP contribution >= 0.6 is 0 Å². The van der Waals surface area contributed by atoms with Crippen LogP contribution < -0.4 is 4.74 Å². The normalized spacial score (nSPS) is 9.73. The highest BCUT2D eigenvalue weighted by molar-refractivity contribution is 5.38. The molecule has 0 aliphatic heterocycles. The summed E-state index contributed by atoms with van der Waals surface area (Å²) in [5.41, 5.74) is 2.54. The highest BCUT2D eigenvalue weighted by Gasteiger charge is 2.01. The first-order valence-electron chi connectivity index (χ1n) is 3.83. The van der Waals surface area contributed by atoms with Crippen molar-refractivity contribution in [3.63, 3.8) is 0 Å². The fourth-order valence-corrected chi connectivity index (χ4v) is 1.25. The zero-order chi connectivity index (χ0) is 8.27. The average Bonchev–Trinajstić information content (AvgIpc) is 2.04. The van der Waals surface area contributed by atoms with Crippen LogP contribution in [0.2, 0.25) is 0 Å². The van der Waals surface area contributed by atoms with Gasteiger partial charge < -0.3 is 4.74 Å². The van der Waals surface area contributed by atoms with Crippen LogP contribution in [0.4, 0.5) is 0 Å². The molecule has 0 saturated heterocycles. The number of aryl methyl sites for hydroxylation is 1. The van der Waals surface area contributed by atoms with Crippen LogP contribution in [0.25, 0.3) is 0 Å². The summed E-state index contributed by atoms with van der Waals surface area (Å²) >= 11 is 0. The number of rotatable bonds is 2. The Morgan fingerprint density at radius 2 is 2.18 bits per heavy atom. The van der Waals surface area contributed by atoms with Gasteiger partial charge in [-0.2, -0.15) is 0 Å². The van der Waals surface area contributed by atoms with E-state index in [0.717, 1.165) is 12.2 Å². The Hall–Kier alpha value is -0.980. The lowest BCUT2D eigenvalue weighted by Crippen LogP contribution is -1.92. The summed E-state index contributed by atoms with van der Waals surface area (Å²) in [6, 6.07) is 6.90. The Morgan fingerprint density at radius 1 is 1.45 bits per heavy atom. The smallest absolute Gasteiger partial charge is 0.122 e. The molecule has 59 valence electrons. The number of hydrogen-bond acceptors (Lipinski definition) is 1. The first kappa shape index (κ1) is 8.12. The molecule has 0 aromatic heterocycles. The lowest BCUT2D eigenvalue weighted by Gasteiger charge is -2.07. The summed E-state index contributed by atoms with van der Waals surface area (Å²) in [5, 5.41) is 0. The van der Waals surface area contributed by atoms with Crippen molar-refractivity contribution < 1.29 is 4.74 Å². The summed E-state index contributed by atoms with van der Waals surface area (Å²) < 4.78 is 5.19. The van der Waals surface area contributed by atoms with Crippen LogP contribution in [0.15, 0.2) is 12.1 Å². The Balaban J connectivity index is 3.13. The molecule has 0 aliphatic carbocycles. The van der Waals surface area contributed by atoms with Gasteiger partial charge in [0.05, 0.1) is 7.11 Å². The van der Waals surface area contributed by atoms with Gasteiger partial charge >= 0.3 is 0 Å². The summed E-state index contributed by atoms with van der Waals surface area (Å²) in [6.45, 7) is 4.21. The number of ether oxygens (including phenoxy) is 1. The molecule has 1 heteroatoms. The minimum atomic E-state index is 0.951. The van der Waals surface area contributed by atoms with Gasteiger partial charge in [-0.25, -0.2) is 0 Å². The SMILES string of the molecule is CCc1c(C)c[c]cc1OC. The van der Waals surface area contributed by atoms with Crippen molar-refractivity contribution in [3.05, 3.63) is 29.3 Å². The molecule has 1 rings (SSSR count). The maximum Gasteiger partial charge on any atom is 0.122 e. The highest BCUT2D eigenvalue weighted by Crippen LogP contribution is 2.21. The van der Waals surface area contributed by atoms with Gasteiger partial charge in [0.2, 0.25) is 0 Å². The molecule has 1 aromatic carbocycles. The molecule has 11 heavy (non-hydrogen) atoms. The molecule has 1 nitrogen and oxygen atoms in total. The number of methoxy groups -OCH3 is 1. The van der Waals surface area contributed by atoms with Crippen LogP contribution in [0, 0.1) is 13.0 Å². The van der Waals surface area contributed by atoms with Gasteiger partial charge in [-0.05, 0) is 36.6 Å². The zero-order valence-electron chi connectivity index (χ0n) is 7.27. The summed E-state index contributed by atoms with van der Waals surface area (Å²) in [4.78, 5) is 0. The van der Waals surface area contributed by atoms with Crippen LogP contribution in [0.1, 0.15) is 18.1 Å². The predicted molar refractivity (Wildman–Crippen MR) is 45.9 cm³/mol. The standard InChI is InChI=1S/C10H13O/c1-4-9-8(2)6-5-7-10(9)11-3/h6-7H,4H2,1-3H3. The molecule has 0 heterocycles. The molecule has 0 amide bonds. The van der Waals surface area contributed by atoms with E-state index in [1.54, 1.807) is 7.11 Å². The van der Waals surface area contributed by atoms with Gasteiger partial charge in [-0.15, -0.1) is 0 Å². The molecule has 0 spiro atoms. The van der Waals surface area contributed by atoms with E-state index >= 15 is 0 Å².